The monoisotopic (exact) mass is 523 g/mol. The zero-order valence-corrected chi connectivity index (χ0v) is 22.4. The Kier molecular flexibility index (Phi) is 9.56. The van der Waals surface area contributed by atoms with Crippen LogP contribution in [0.15, 0.2) is 53.6 Å². The fourth-order valence-corrected chi connectivity index (χ4v) is 4.62. The molecule has 2 aromatic carbocycles. The van der Waals surface area contributed by atoms with Crippen molar-refractivity contribution in [3.63, 3.8) is 0 Å². The molecule has 10 heteroatoms. The summed E-state index contributed by atoms with van der Waals surface area (Å²) in [7, 11) is 3.25. The third-order valence-corrected chi connectivity index (χ3v) is 6.82. The van der Waals surface area contributed by atoms with Crippen molar-refractivity contribution in [3.8, 4) is 11.5 Å². The molecule has 2 aromatic rings. The predicted molar refractivity (Wildman–Crippen MR) is 145 cm³/mol. The number of methoxy groups -OCH3 is 2. The summed E-state index contributed by atoms with van der Waals surface area (Å²) in [6, 6.07) is 14.8. The van der Waals surface area contributed by atoms with Crippen molar-refractivity contribution >= 4 is 17.6 Å². The van der Waals surface area contributed by atoms with E-state index in [2.05, 4.69) is 10.2 Å². The van der Waals surface area contributed by atoms with Crippen molar-refractivity contribution < 1.29 is 23.8 Å². The molecular weight excluding hydrogens is 486 g/mol. The molecule has 204 valence electrons. The molecule has 2 heterocycles. The summed E-state index contributed by atoms with van der Waals surface area (Å²) in [5, 5.41) is 9.14. The zero-order chi connectivity index (χ0) is 26.9. The molecule has 1 N–H and O–H groups in total. The molecule has 0 unspecified atom stereocenters. The van der Waals surface area contributed by atoms with Crippen molar-refractivity contribution in [2.45, 2.75) is 19.4 Å². The van der Waals surface area contributed by atoms with Gasteiger partial charge in [0, 0.05) is 39.1 Å². The number of benzene rings is 2. The van der Waals surface area contributed by atoms with Crippen LogP contribution in [0.2, 0.25) is 0 Å². The molecule has 10 nitrogen and oxygen atoms in total. The maximum Gasteiger partial charge on any atom is 0.317 e. The SMILES string of the molecule is CCNC(=O)N(CCN1CCOCC1)CC(=O)N1N=C(c2ccc(OC)cc2)C[C@@H]1c1ccc(OC)cc1. The van der Waals surface area contributed by atoms with E-state index in [1.807, 2.05) is 55.5 Å². The van der Waals surface area contributed by atoms with E-state index < -0.39 is 0 Å². The number of hydrogen-bond donors (Lipinski definition) is 1. The molecule has 3 amide bonds. The van der Waals surface area contributed by atoms with E-state index in [-0.39, 0.29) is 24.5 Å². The van der Waals surface area contributed by atoms with Gasteiger partial charge in [0.05, 0.1) is 39.2 Å². The summed E-state index contributed by atoms with van der Waals surface area (Å²) in [4.78, 5) is 30.4. The van der Waals surface area contributed by atoms with Crippen molar-refractivity contribution in [2.24, 2.45) is 5.10 Å². The number of nitrogens with zero attached hydrogens (tertiary/aromatic N) is 4. The van der Waals surface area contributed by atoms with Crippen molar-refractivity contribution in [1.29, 1.82) is 0 Å². The van der Waals surface area contributed by atoms with E-state index in [4.69, 9.17) is 19.3 Å². The van der Waals surface area contributed by atoms with Gasteiger partial charge < -0.3 is 24.4 Å². The van der Waals surface area contributed by atoms with Gasteiger partial charge in [0.1, 0.15) is 18.0 Å². The van der Waals surface area contributed by atoms with Gasteiger partial charge in [0.2, 0.25) is 0 Å². The predicted octanol–water partition coefficient (Wildman–Crippen LogP) is 2.75. The molecule has 38 heavy (non-hydrogen) atoms. The molecule has 0 spiro atoms. The van der Waals surface area contributed by atoms with Crippen LogP contribution < -0.4 is 14.8 Å². The van der Waals surface area contributed by atoms with Crippen molar-refractivity contribution in [1.82, 2.24) is 20.1 Å². The van der Waals surface area contributed by atoms with E-state index in [1.165, 1.54) is 5.01 Å². The van der Waals surface area contributed by atoms with E-state index in [0.717, 1.165) is 41.4 Å². The van der Waals surface area contributed by atoms with E-state index >= 15 is 0 Å². The highest BCUT2D eigenvalue weighted by atomic mass is 16.5. The van der Waals surface area contributed by atoms with Gasteiger partial charge in [-0.05, 0) is 54.4 Å². The van der Waals surface area contributed by atoms with Gasteiger partial charge in [0.25, 0.3) is 5.91 Å². The fraction of sp³-hybridized carbons (Fsp3) is 0.464. The Labute approximate surface area is 224 Å². The van der Waals surface area contributed by atoms with E-state index in [0.29, 0.717) is 39.3 Å². The number of hydrazone groups is 1. The quantitative estimate of drug-likeness (QED) is 0.515. The average Bonchev–Trinajstić information content (AvgIpc) is 3.41. The number of urea groups is 1. The highest BCUT2D eigenvalue weighted by Gasteiger charge is 2.34. The Hall–Kier alpha value is -3.63. The molecule has 1 saturated heterocycles. The fourth-order valence-electron chi connectivity index (χ4n) is 4.62. The number of carbonyl (C=O) groups is 2. The van der Waals surface area contributed by atoms with Crippen LogP contribution in [0, 0.1) is 0 Å². The smallest absolute Gasteiger partial charge is 0.317 e. The van der Waals surface area contributed by atoms with Crippen LogP contribution in [0.3, 0.4) is 0 Å². The lowest BCUT2D eigenvalue weighted by atomic mass is 9.98. The lowest BCUT2D eigenvalue weighted by Crippen LogP contribution is -2.49. The third kappa shape index (κ3) is 6.81. The number of morpholine rings is 1. The summed E-state index contributed by atoms with van der Waals surface area (Å²) < 4.78 is 16.0. The summed E-state index contributed by atoms with van der Waals surface area (Å²) in [5.74, 6) is 1.26. The highest BCUT2D eigenvalue weighted by Crippen LogP contribution is 2.34. The van der Waals surface area contributed by atoms with Crippen LogP contribution in [0.25, 0.3) is 0 Å². The number of carbonyl (C=O) groups excluding carboxylic acids is 2. The summed E-state index contributed by atoms with van der Waals surface area (Å²) in [6.07, 6.45) is 0.555. The summed E-state index contributed by atoms with van der Waals surface area (Å²) >= 11 is 0. The van der Waals surface area contributed by atoms with Gasteiger partial charge in [0.15, 0.2) is 0 Å². The molecular formula is C28H37N5O5. The molecule has 1 fully saturated rings. The molecule has 1 atom stereocenters. The molecule has 0 radical (unpaired) electrons. The van der Waals surface area contributed by atoms with Gasteiger partial charge in [-0.15, -0.1) is 0 Å². The Morgan fingerprint density at radius 2 is 1.66 bits per heavy atom. The Morgan fingerprint density at radius 1 is 1.03 bits per heavy atom. The number of amides is 3. The van der Waals surface area contributed by atoms with Crippen LogP contribution in [0.4, 0.5) is 4.79 Å². The minimum atomic E-state index is -0.291. The van der Waals surface area contributed by atoms with Crippen LogP contribution >= 0.6 is 0 Å². The van der Waals surface area contributed by atoms with E-state index in [9.17, 15) is 9.59 Å². The van der Waals surface area contributed by atoms with Gasteiger partial charge in [-0.3, -0.25) is 9.69 Å². The normalized spacial score (nSPS) is 17.6. The molecule has 2 aliphatic rings. The molecule has 0 aliphatic carbocycles. The number of rotatable bonds is 10. The first-order valence-corrected chi connectivity index (χ1v) is 13.0. The Morgan fingerprint density at radius 3 is 2.26 bits per heavy atom. The molecule has 0 saturated carbocycles. The molecule has 4 rings (SSSR count). The third-order valence-electron chi connectivity index (χ3n) is 6.82. The summed E-state index contributed by atoms with van der Waals surface area (Å²) in [5.41, 5.74) is 2.68. The Bertz CT molecular complexity index is 1100. The Balaban J connectivity index is 1.55. The lowest BCUT2D eigenvalue weighted by molar-refractivity contribution is -0.133. The van der Waals surface area contributed by atoms with Gasteiger partial charge in [-0.1, -0.05) is 12.1 Å². The number of ether oxygens (including phenoxy) is 3. The van der Waals surface area contributed by atoms with Crippen LogP contribution in [-0.2, 0) is 9.53 Å². The van der Waals surface area contributed by atoms with Crippen molar-refractivity contribution in [3.05, 3.63) is 59.7 Å². The second-order valence-corrected chi connectivity index (χ2v) is 9.22. The van der Waals surface area contributed by atoms with Crippen LogP contribution in [0.1, 0.15) is 30.5 Å². The maximum absolute atomic E-state index is 13.7. The zero-order valence-electron chi connectivity index (χ0n) is 22.4. The first kappa shape index (κ1) is 27.4. The first-order chi connectivity index (χ1) is 18.5. The second-order valence-electron chi connectivity index (χ2n) is 9.22. The minimum absolute atomic E-state index is 0.0672. The maximum atomic E-state index is 13.7. The van der Waals surface area contributed by atoms with Gasteiger partial charge in [-0.2, -0.15) is 5.10 Å². The van der Waals surface area contributed by atoms with Crippen molar-refractivity contribution in [2.75, 3.05) is 66.7 Å². The highest BCUT2D eigenvalue weighted by molar-refractivity contribution is 6.03. The average molecular weight is 524 g/mol. The largest absolute Gasteiger partial charge is 0.497 e. The van der Waals surface area contributed by atoms with Gasteiger partial charge >= 0.3 is 6.03 Å². The van der Waals surface area contributed by atoms with Crippen LogP contribution in [-0.4, -0.2) is 99.2 Å². The summed E-state index contributed by atoms with van der Waals surface area (Å²) in [6.45, 7) is 6.40. The molecule has 0 aromatic heterocycles. The topological polar surface area (TPSA) is 95.9 Å². The number of hydrogen-bond acceptors (Lipinski definition) is 7. The lowest BCUT2D eigenvalue weighted by Gasteiger charge is -2.31. The van der Waals surface area contributed by atoms with Crippen LogP contribution in [0.5, 0.6) is 11.5 Å². The minimum Gasteiger partial charge on any atom is -0.497 e. The standard InChI is InChI=1S/C28H37N5O5/c1-4-29-28(35)32(14-13-31-15-17-38-18-16-31)20-27(34)33-26(22-7-11-24(37-3)12-8-22)19-25(30-33)21-5-9-23(36-2)10-6-21/h5-12,26H,4,13-20H2,1-3H3,(H,29,35)/t26-/m1/s1. The number of nitrogens with one attached hydrogen (secondary N) is 1. The first-order valence-electron chi connectivity index (χ1n) is 13.0. The van der Waals surface area contributed by atoms with E-state index in [1.54, 1.807) is 19.1 Å². The molecule has 0 bridgehead atoms. The second kappa shape index (κ2) is 13.3. The van der Waals surface area contributed by atoms with Gasteiger partial charge in [-0.25, -0.2) is 9.80 Å². The molecule has 2 aliphatic heterocycles.